The van der Waals surface area contributed by atoms with E-state index in [1.807, 2.05) is 0 Å². The van der Waals surface area contributed by atoms with Crippen molar-refractivity contribution in [2.24, 2.45) is 5.41 Å². The van der Waals surface area contributed by atoms with E-state index in [4.69, 9.17) is 5.26 Å². The third-order valence-corrected chi connectivity index (χ3v) is 1.64. The highest BCUT2D eigenvalue weighted by atomic mass is 17.1. The minimum absolute atomic E-state index is 0.0301. The van der Waals surface area contributed by atoms with Crippen molar-refractivity contribution >= 4 is 0 Å². The molecule has 0 aromatic heterocycles. The maximum atomic E-state index is 8.49. The molecule has 0 aromatic rings. The standard InChI is InChI=1S/C8H18O2/c1-5-6-7(10-9)8(2,3)4/h7,9H,5-6H2,1-4H3. The molecule has 1 atom stereocenters. The van der Waals surface area contributed by atoms with E-state index in [1.54, 1.807) is 0 Å². The topological polar surface area (TPSA) is 29.5 Å². The lowest BCUT2D eigenvalue weighted by molar-refractivity contribution is -0.300. The molecule has 2 nitrogen and oxygen atoms in total. The Labute approximate surface area is 63.1 Å². The second kappa shape index (κ2) is 3.94. The summed E-state index contributed by atoms with van der Waals surface area (Å²) in [5.41, 5.74) is 0.0464. The molecule has 0 amide bonds. The van der Waals surface area contributed by atoms with E-state index in [-0.39, 0.29) is 11.5 Å². The van der Waals surface area contributed by atoms with E-state index >= 15 is 0 Å². The molecule has 0 heterocycles. The molecule has 10 heavy (non-hydrogen) atoms. The smallest absolute Gasteiger partial charge is 0.0975 e. The monoisotopic (exact) mass is 146 g/mol. The molecule has 1 N–H and O–H groups in total. The van der Waals surface area contributed by atoms with Gasteiger partial charge in [0.15, 0.2) is 0 Å². The van der Waals surface area contributed by atoms with Gasteiger partial charge in [0.25, 0.3) is 0 Å². The van der Waals surface area contributed by atoms with Crippen LogP contribution in [0.15, 0.2) is 0 Å². The molecule has 0 bridgehead atoms. The van der Waals surface area contributed by atoms with Gasteiger partial charge in [-0.15, -0.1) is 0 Å². The van der Waals surface area contributed by atoms with Crippen LogP contribution in [0.3, 0.4) is 0 Å². The Bertz CT molecular complexity index is 83.7. The predicted octanol–water partition coefficient (Wildman–Crippen LogP) is 2.69. The summed E-state index contributed by atoms with van der Waals surface area (Å²) < 4.78 is 0. The Morgan fingerprint density at radius 3 is 2.00 bits per heavy atom. The summed E-state index contributed by atoms with van der Waals surface area (Å²) >= 11 is 0. The lowest BCUT2D eigenvalue weighted by Crippen LogP contribution is -2.28. The van der Waals surface area contributed by atoms with E-state index in [0.717, 1.165) is 12.8 Å². The highest BCUT2D eigenvalue weighted by Gasteiger charge is 2.24. The Morgan fingerprint density at radius 2 is 1.90 bits per heavy atom. The van der Waals surface area contributed by atoms with Crippen LogP contribution in [-0.2, 0) is 4.89 Å². The van der Waals surface area contributed by atoms with Gasteiger partial charge in [-0.05, 0) is 11.8 Å². The fourth-order valence-electron chi connectivity index (χ4n) is 0.906. The molecule has 0 fully saturated rings. The van der Waals surface area contributed by atoms with Crippen LogP contribution in [-0.4, -0.2) is 11.4 Å². The fraction of sp³-hybridized carbons (Fsp3) is 1.00. The minimum atomic E-state index is -0.0301. The van der Waals surface area contributed by atoms with E-state index in [1.165, 1.54) is 0 Å². The van der Waals surface area contributed by atoms with Crippen LogP contribution in [0.25, 0.3) is 0 Å². The zero-order chi connectivity index (χ0) is 8.20. The molecule has 0 aliphatic heterocycles. The van der Waals surface area contributed by atoms with Crippen molar-refractivity contribution < 1.29 is 10.1 Å². The summed E-state index contributed by atoms with van der Waals surface area (Å²) in [6.07, 6.45) is 1.93. The molecule has 0 saturated heterocycles. The lowest BCUT2D eigenvalue weighted by Gasteiger charge is -2.26. The zero-order valence-electron chi connectivity index (χ0n) is 7.35. The third kappa shape index (κ3) is 3.18. The molecule has 0 radical (unpaired) electrons. The maximum Gasteiger partial charge on any atom is 0.0975 e. The Morgan fingerprint density at radius 1 is 1.40 bits per heavy atom. The molecule has 0 rings (SSSR count). The van der Waals surface area contributed by atoms with E-state index in [0.29, 0.717) is 0 Å². The van der Waals surface area contributed by atoms with E-state index < -0.39 is 0 Å². The highest BCUT2D eigenvalue weighted by Crippen LogP contribution is 2.24. The lowest BCUT2D eigenvalue weighted by atomic mass is 9.87. The largest absolute Gasteiger partial charge is 0.252 e. The van der Waals surface area contributed by atoms with Gasteiger partial charge in [-0.1, -0.05) is 34.1 Å². The fourth-order valence-corrected chi connectivity index (χ4v) is 0.906. The van der Waals surface area contributed by atoms with E-state index in [9.17, 15) is 0 Å². The van der Waals surface area contributed by atoms with Crippen molar-refractivity contribution in [2.45, 2.75) is 46.6 Å². The first-order chi connectivity index (χ1) is 4.52. The Kier molecular flexibility index (Phi) is 3.91. The molecule has 1 unspecified atom stereocenters. The first kappa shape index (κ1) is 9.92. The second-order valence-corrected chi connectivity index (χ2v) is 3.75. The van der Waals surface area contributed by atoms with Gasteiger partial charge in [0, 0.05) is 0 Å². The molecule has 0 aliphatic carbocycles. The normalized spacial score (nSPS) is 15.3. The number of hydrogen-bond donors (Lipinski definition) is 1. The second-order valence-electron chi connectivity index (χ2n) is 3.75. The van der Waals surface area contributed by atoms with Crippen LogP contribution in [0.2, 0.25) is 0 Å². The molecule has 0 aliphatic rings. The quantitative estimate of drug-likeness (QED) is 0.490. The zero-order valence-corrected chi connectivity index (χ0v) is 7.35. The summed E-state index contributed by atoms with van der Waals surface area (Å²) in [6.45, 7) is 8.26. The van der Waals surface area contributed by atoms with Crippen molar-refractivity contribution in [3.05, 3.63) is 0 Å². The molecule has 62 valence electrons. The summed E-state index contributed by atoms with van der Waals surface area (Å²) in [4.78, 5) is 4.36. The molecular formula is C8H18O2. The van der Waals surface area contributed by atoms with Crippen LogP contribution in [0.1, 0.15) is 40.5 Å². The van der Waals surface area contributed by atoms with Gasteiger partial charge in [0.1, 0.15) is 0 Å². The van der Waals surface area contributed by atoms with Gasteiger partial charge in [-0.3, -0.25) is 5.26 Å². The molecule has 2 heteroatoms. The molecule has 0 aromatic carbocycles. The van der Waals surface area contributed by atoms with Gasteiger partial charge in [0.2, 0.25) is 0 Å². The van der Waals surface area contributed by atoms with Gasteiger partial charge >= 0.3 is 0 Å². The first-order valence-corrected chi connectivity index (χ1v) is 3.82. The summed E-state index contributed by atoms with van der Waals surface area (Å²) in [5, 5.41) is 8.49. The summed E-state index contributed by atoms with van der Waals surface area (Å²) in [7, 11) is 0. The van der Waals surface area contributed by atoms with Crippen molar-refractivity contribution in [2.75, 3.05) is 0 Å². The molecule has 0 saturated carbocycles. The van der Waals surface area contributed by atoms with Crippen molar-refractivity contribution in [1.82, 2.24) is 0 Å². The van der Waals surface area contributed by atoms with Gasteiger partial charge in [-0.2, -0.15) is 0 Å². The van der Waals surface area contributed by atoms with E-state index in [2.05, 4.69) is 32.6 Å². The number of rotatable bonds is 3. The van der Waals surface area contributed by atoms with Crippen LogP contribution in [0.5, 0.6) is 0 Å². The predicted molar refractivity (Wildman–Crippen MR) is 41.9 cm³/mol. The molecule has 0 spiro atoms. The van der Waals surface area contributed by atoms with Crippen LogP contribution in [0, 0.1) is 5.41 Å². The SMILES string of the molecule is CCCC(OO)C(C)(C)C. The Hall–Kier alpha value is -0.0800. The van der Waals surface area contributed by atoms with Gasteiger partial charge in [0.05, 0.1) is 6.10 Å². The average Bonchev–Trinajstić information content (AvgIpc) is 1.80. The van der Waals surface area contributed by atoms with Crippen molar-refractivity contribution in [3.63, 3.8) is 0 Å². The third-order valence-electron chi connectivity index (χ3n) is 1.64. The van der Waals surface area contributed by atoms with Crippen LogP contribution in [0.4, 0.5) is 0 Å². The van der Waals surface area contributed by atoms with Gasteiger partial charge in [-0.25, -0.2) is 4.89 Å². The summed E-state index contributed by atoms with van der Waals surface area (Å²) in [6, 6.07) is 0. The van der Waals surface area contributed by atoms with Crippen LogP contribution >= 0.6 is 0 Å². The van der Waals surface area contributed by atoms with Crippen molar-refractivity contribution in [1.29, 1.82) is 0 Å². The highest BCUT2D eigenvalue weighted by molar-refractivity contribution is 4.72. The average molecular weight is 146 g/mol. The first-order valence-electron chi connectivity index (χ1n) is 3.82. The molecular weight excluding hydrogens is 128 g/mol. The maximum absolute atomic E-state index is 8.49. The van der Waals surface area contributed by atoms with Crippen LogP contribution < -0.4 is 0 Å². The number of hydrogen-bond acceptors (Lipinski definition) is 2. The Balaban J connectivity index is 3.81. The van der Waals surface area contributed by atoms with Gasteiger partial charge < -0.3 is 0 Å². The minimum Gasteiger partial charge on any atom is -0.252 e. The van der Waals surface area contributed by atoms with Crippen molar-refractivity contribution in [3.8, 4) is 0 Å². The summed E-state index contributed by atoms with van der Waals surface area (Å²) in [5.74, 6) is 0.